The van der Waals surface area contributed by atoms with Gasteiger partial charge < -0.3 is 19.6 Å². The molecule has 3 aliphatic rings. The molecule has 1 N–H and O–H groups in total. The summed E-state index contributed by atoms with van der Waals surface area (Å²) in [6.07, 6.45) is 12.2. The van der Waals surface area contributed by atoms with E-state index in [1.54, 1.807) is 29.3 Å². The lowest BCUT2D eigenvalue weighted by atomic mass is 10.0. The summed E-state index contributed by atoms with van der Waals surface area (Å²) in [7, 11) is 5.31. The Hall–Kier alpha value is -3.16. The molecule has 0 aliphatic carbocycles. The average molecular weight is 423 g/mol. The summed E-state index contributed by atoms with van der Waals surface area (Å²) in [6.45, 7) is 1.18. The number of amides is 1. The summed E-state index contributed by atoms with van der Waals surface area (Å²) in [5, 5.41) is 10.4. The molecule has 1 aromatic rings. The van der Waals surface area contributed by atoms with E-state index < -0.39 is 11.9 Å². The van der Waals surface area contributed by atoms with Gasteiger partial charge in [-0.05, 0) is 55.6 Å². The van der Waals surface area contributed by atoms with Gasteiger partial charge in [0.25, 0.3) is 5.91 Å². The van der Waals surface area contributed by atoms with Gasteiger partial charge in [0.05, 0.1) is 25.0 Å². The SMILES string of the molecule is COc1ccc(C2=C\C(=O)N3C=C(N4C[C@@H](O)[C@H](N(C)C)C4)C=C\C3=C/C=C/2)cc1F. The summed E-state index contributed by atoms with van der Waals surface area (Å²) in [5.41, 5.74) is 2.80. The van der Waals surface area contributed by atoms with Gasteiger partial charge >= 0.3 is 0 Å². The Morgan fingerprint density at radius 2 is 1.94 bits per heavy atom. The molecule has 7 heteroatoms. The van der Waals surface area contributed by atoms with Crippen molar-refractivity contribution in [2.45, 2.75) is 12.1 Å². The van der Waals surface area contributed by atoms with Crippen LogP contribution in [0.3, 0.4) is 0 Å². The summed E-state index contributed by atoms with van der Waals surface area (Å²) in [6, 6.07) is 4.67. The Morgan fingerprint density at radius 1 is 1.16 bits per heavy atom. The van der Waals surface area contributed by atoms with Crippen LogP contribution in [0.2, 0.25) is 0 Å². The summed E-state index contributed by atoms with van der Waals surface area (Å²) >= 11 is 0. The van der Waals surface area contributed by atoms with Crippen molar-refractivity contribution in [2.24, 2.45) is 0 Å². The van der Waals surface area contributed by atoms with Gasteiger partial charge in [0.15, 0.2) is 11.6 Å². The predicted molar refractivity (Wildman–Crippen MR) is 117 cm³/mol. The van der Waals surface area contributed by atoms with Crippen LogP contribution in [0.15, 0.2) is 72.2 Å². The molecule has 0 unspecified atom stereocenters. The van der Waals surface area contributed by atoms with Gasteiger partial charge in [-0.1, -0.05) is 18.2 Å². The van der Waals surface area contributed by atoms with Crippen molar-refractivity contribution < 1.29 is 19.0 Å². The average Bonchev–Trinajstić information content (AvgIpc) is 3.13. The van der Waals surface area contributed by atoms with Crippen molar-refractivity contribution in [3.8, 4) is 5.75 Å². The van der Waals surface area contributed by atoms with Crippen LogP contribution in [0.25, 0.3) is 5.57 Å². The first kappa shape index (κ1) is 21.1. The van der Waals surface area contributed by atoms with Gasteiger partial charge in [0, 0.05) is 31.1 Å². The van der Waals surface area contributed by atoms with Crippen LogP contribution >= 0.6 is 0 Å². The van der Waals surface area contributed by atoms with E-state index in [0.717, 1.165) is 11.4 Å². The first-order valence-electron chi connectivity index (χ1n) is 10.1. The number of likely N-dealkylation sites (N-methyl/N-ethyl adjacent to an activating group) is 1. The quantitative estimate of drug-likeness (QED) is 0.807. The van der Waals surface area contributed by atoms with Crippen molar-refractivity contribution in [3.05, 3.63) is 83.6 Å². The Kier molecular flexibility index (Phi) is 5.80. The Bertz CT molecular complexity index is 1040. The summed E-state index contributed by atoms with van der Waals surface area (Å²) in [5.74, 6) is -0.552. The number of ether oxygens (including phenoxy) is 1. The molecule has 0 aromatic heterocycles. The van der Waals surface area contributed by atoms with Gasteiger partial charge in [0.2, 0.25) is 0 Å². The number of fused-ring (bicyclic) bond motifs is 1. The lowest BCUT2D eigenvalue weighted by Gasteiger charge is -2.29. The van der Waals surface area contributed by atoms with Crippen LogP contribution in [0.4, 0.5) is 4.39 Å². The van der Waals surface area contributed by atoms with Gasteiger partial charge in [0.1, 0.15) is 0 Å². The highest BCUT2D eigenvalue weighted by atomic mass is 19.1. The van der Waals surface area contributed by atoms with Gasteiger partial charge in [-0.15, -0.1) is 0 Å². The third kappa shape index (κ3) is 4.19. The summed E-state index contributed by atoms with van der Waals surface area (Å²) in [4.78, 5) is 18.8. The van der Waals surface area contributed by atoms with E-state index in [1.165, 1.54) is 19.3 Å². The van der Waals surface area contributed by atoms with Crippen molar-refractivity contribution in [2.75, 3.05) is 34.3 Å². The van der Waals surface area contributed by atoms with Crippen molar-refractivity contribution in [3.63, 3.8) is 0 Å². The molecule has 3 heterocycles. The maximum Gasteiger partial charge on any atom is 0.255 e. The number of likely N-dealkylation sites (tertiary alicyclic amines) is 1. The van der Waals surface area contributed by atoms with E-state index in [-0.39, 0.29) is 17.7 Å². The highest BCUT2D eigenvalue weighted by molar-refractivity contribution is 5.99. The Morgan fingerprint density at radius 3 is 2.61 bits per heavy atom. The standard InChI is InChI=1S/C24H26FN3O3/c1-26(2)21-14-27(15-22(21)29)19-9-8-18-6-4-5-16(12-24(30)28(18)13-19)17-7-10-23(31-3)20(25)11-17/h4-13,21-22,29H,14-15H2,1-3H3/b5-4+,16-12+,18-6+/t21-,22-/m1/s1. The maximum atomic E-state index is 14.2. The smallest absolute Gasteiger partial charge is 0.255 e. The number of carbonyl (C=O) groups excluding carboxylic acids is 1. The second-order valence-corrected chi connectivity index (χ2v) is 8.00. The fraction of sp³-hybridized carbons (Fsp3) is 0.292. The molecule has 0 bridgehead atoms. The zero-order valence-electron chi connectivity index (χ0n) is 17.8. The number of nitrogens with zero attached hydrogens (tertiary/aromatic N) is 3. The molecule has 0 spiro atoms. The normalized spacial score (nSPS) is 27.7. The first-order chi connectivity index (χ1) is 14.9. The van der Waals surface area contributed by atoms with E-state index in [0.29, 0.717) is 24.2 Å². The molecule has 0 radical (unpaired) electrons. The van der Waals surface area contributed by atoms with Crippen LogP contribution in [0, 0.1) is 5.82 Å². The monoisotopic (exact) mass is 423 g/mol. The van der Waals surface area contributed by atoms with Crippen molar-refractivity contribution in [1.82, 2.24) is 14.7 Å². The lowest BCUT2D eigenvalue weighted by molar-refractivity contribution is -0.122. The number of halogens is 1. The molecule has 31 heavy (non-hydrogen) atoms. The second kappa shape index (κ2) is 8.53. The van der Waals surface area contributed by atoms with Gasteiger partial charge in [-0.2, -0.15) is 0 Å². The molecule has 1 amide bonds. The summed E-state index contributed by atoms with van der Waals surface area (Å²) < 4.78 is 19.1. The van der Waals surface area contributed by atoms with Crippen LogP contribution in [0.5, 0.6) is 5.75 Å². The topological polar surface area (TPSA) is 56.3 Å². The molecule has 3 aliphatic heterocycles. The highest BCUT2D eigenvalue weighted by Crippen LogP contribution is 2.28. The van der Waals surface area contributed by atoms with Gasteiger partial charge in [-0.3, -0.25) is 9.69 Å². The molecular weight excluding hydrogens is 397 g/mol. The molecule has 1 aromatic carbocycles. The number of rotatable bonds is 4. The number of aliphatic hydroxyl groups is 1. The van der Waals surface area contributed by atoms with Crippen LogP contribution < -0.4 is 4.74 Å². The Labute approximate surface area is 181 Å². The molecule has 162 valence electrons. The third-order valence-corrected chi connectivity index (χ3v) is 5.80. The minimum absolute atomic E-state index is 0.0358. The third-order valence-electron chi connectivity index (χ3n) is 5.80. The van der Waals surface area contributed by atoms with E-state index in [4.69, 9.17) is 4.74 Å². The molecule has 6 nitrogen and oxygen atoms in total. The van der Waals surface area contributed by atoms with E-state index in [1.807, 2.05) is 43.3 Å². The maximum absolute atomic E-state index is 14.2. The van der Waals surface area contributed by atoms with Crippen LogP contribution in [0.1, 0.15) is 5.56 Å². The second-order valence-electron chi connectivity index (χ2n) is 8.00. The van der Waals surface area contributed by atoms with Crippen molar-refractivity contribution in [1.29, 1.82) is 0 Å². The number of hydrogen-bond donors (Lipinski definition) is 1. The van der Waals surface area contributed by atoms with E-state index >= 15 is 0 Å². The zero-order chi connectivity index (χ0) is 22.1. The molecular formula is C24H26FN3O3. The fourth-order valence-electron chi connectivity index (χ4n) is 4.03. The molecule has 1 fully saturated rings. The fourth-order valence-corrected chi connectivity index (χ4v) is 4.03. The number of aliphatic hydroxyl groups excluding tert-OH is 1. The van der Waals surface area contributed by atoms with Crippen LogP contribution in [-0.2, 0) is 4.79 Å². The zero-order valence-corrected chi connectivity index (χ0v) is 17.8. The molecule has 0 saturated carbocycles. The molecule has 4 rings (SSSR count). The number of hydrogen-bond acceptors (Lipinski definition) is 5. The molecule has 2 atom stereocenters. The van der Waals surface area contributed by atoms with Gasteiger partial charge in [-0.25, -0.2) is 4.39 Å². The van der Waals surface area contributed by atoms with Crippen LogP contribution in [-0.4, -0.2) is 72.2 Å². The Balaban J connectivity index is 1.62. The minimum Gasteiger partial charge on any atom is -0.494 e. The van der Waals surface area contributed by atoms with E-state index in [2.05, 4.69) is 4.90 Å². The number of benzene rings is 1. The highest BCUT2D eigenvalue weighted by Gasteiger charge is 2.34. The van der Waals surface area contributed by atoms with Crippen molar-refractivity contribution >= 4 is 11.5 Å². The largest absolute Gasteiger partial charge is 0.494 e. The number of carbonyl (C=O) groups is 1. The minimum atomic E-state index is -0.480. The molecule has 1 saturated heterocycles. The predicted octanol–water partition coefficient (Wildman–Crippen LogP) is 2.52. The number of methoxy groups -OCH3 is 1. The lowest BCUT2D eigenvalue weighted by Crippen LogP contribution is -2.38. The first-order valence-corrected chi connectivity index (χ1v) is 10.1. The van der Waals surface area contributed by atoms with E-state index in [9.17, 15) is 14.3 Å². The number of β-amino-alcohol motifs (C(OH)–C–C–N with tert-alkyl or cyclic N) is 1. The number of allylic oxidation sites excluding steroid dienone is 6.